The third-order valence-electron chi connectivity index (χ3n) is 2.50. The van der Waals surface area contributed by atoms with Crippen LogP contribution in [0.1, 0.15) is 15.9 Å². The highest BCUT2D eigenvalue weighted by molar-refractivity contribution is 8.00. The van der Waals surface area contributed by atoms with Gasteiger partial charge in [0.1, 0.15) is 0 Å². The van der Waals surface area contributed by atoms with Crippen LogP contribution >= 0.6 is 11.8 Å². The van der Waals surface area contributed by atoms with Crippen molar-refractivity contribution in [3.63, 3.8) is 0 Å². The molecule has 4 heteroatoms. The number of hydrogen-bond donors (Lipinski definition) is 0. The van der Waals surface area contributed by atoms with Crippen molar-refractivity contribution < 1.29 is 4.79 Å². The highest BCUT2D eigenvalue weighted by atomic mass is 32.2. The Kier molecular flexibility index (Phi) is 3.64. The zero-order valence-electron chi connectivity index (χ0n) is 9.88. The summed E-state index contributed by atoms with van der Waals surface area (Å²) in [5, 5.41) is 4.07. The fourth-order valence-electron chi connectivity index (χ4n) is 1.59. The number of carbonyl (C=O) groups is 1. The van der Waals surface area contributed by atoms with E-state index in [1.165, 1.54) is 11.8 Å². The van der Waals surface area contributed by atoms with Crippen LogP contribution in [0.2, 0.25) is 0 Å². The molecule has 0 spiro atoms. The van der Waals surface area contributed by atoms with Gasteiger partial charge in [-0.05, 0) is 12.5 Å². The number of ketones is 1. The maximum Gasteiger partial charge on any atom is 0.173 e. The van der Waals surface area contributed by atoms with Crippen molar-refractivity contribution in [2.24, 2.45) is 7.05 Å². The lowest BCUT2D eigenvalue weighted by Gasteiger charge is -2.03. The quantitative estimate of drug-likeness (QED) is 0.614. The smallest absolute Gasteiger partial charge is 0.173 e. The molecular weight excluding hydrogens is 232 g/mol. The molecule has 0 saturated carbocycles. The van der Waals surface area contributed by atoms with Gasteiger partial charge >= 0.3 is 0 Å². The lowest BCUT2D eigenvalue weighted by Crippen LogP contribution is -2.04. The van der Waals surface area contributed by atoms with Crippen molar-refractivity contribution in [2.75, 3.05) is 5.75 Å². The molecule has 0 aliphatic heterocycles. The maximum atomic E-state index is 12.0. The highest BCUT2D eigenvalue weighted by Gasteiger charge is 2.09. The van der Waals surface area contributed by atoms with E-state index < -0.39 is 0 Å². The van der Waals surface area contributed by atoms with Crippen LogP contribution in [0.25, 0.3) is 0 Å². The van der Waals surface area contributed by atoms with Crippen LogP contribution in [-0.4, -0.2) is 21.3 Å². The van der Waals surface area contributed by atoms with Crippen molar-refractivity contribution in [1.29, 1.82) is 0 Å². The molecule has 0 aliphatic carbocycles. The number of hydrogen-bond acceptors (Lipinski definition) is 3. The minimum absolute atomic E-state index is 0.164. The number of nitrogens with zero attached hydrogens (tertiary/aromatic N) is 2. The monoisotopic (exact) mass is 246 g/mol. The number of aryl methyl sites for hydroxylation is 2. The summed E-state index contributed by atoms with van der Waals surface area (Å²) in [6, 6.07) is 7.68. The number of thioether (sulfide) groups is 1. The zero-order valence-corrected chi connectivity index (χ0v) is 10.7. The van der Waals surface area contributed by atoms with E-state index in [-0.39, 0.29) is 5.78 Å². The van der Waals surface area contributed by atoms with Gasteiger partial charge in [-0.3, -0.25) is 9.48 Å². The average Bonchev–Trinajstić information content (AvgIpc) is 2.73. The van der Waals surface area contributed by atoms with Crippen molar-refractivity contribution in [3.8, 4) is 0 Å². The first-order valence-corrected chi connectivity index (χ1v) is 6.35. The van der Waals surface area contributed by atoms with Gasteiger partial charge in [0, 0.05) is 23.7 Å². The third kappa shape index (κ3) is 2.97. The lowest BCUT2D eigenvalue weighted by atomic mass is 10.1. The van der Waals surface area contributed by atoms with Crippen molar-refractivity contribution in [2.45, 2.75) is 11.8 Å². The van der Waals surface area contributed by atoms with Crippen LogP contribution in [0, 0.1) is 6.92 Å². The van der Waals surface area contributed by atoms with Crippen molar-refractivity contribution in [3.05, 3.63) is 47.8 Å². The fraction of sp³-hybridized carbons (Fsp3) is 0.231. The largest absolute Gasteiger partial charge is 0.293 e. The molecule has 0 atom stereocenters. The molecule has 2 aromatic rings. The van der Waals surface area contributed by atoms with Gasteiger partial charge < -0.3 is 0 Å². The molecule has 0 amide bonds. The van der Waals surface area contributed by atoms with Gasteiger partial charge in [-0.15, -0.1) is 11.8 Å². The Hall–Kier alpha value is -1.55. The van der Waals surface area contributed by atoms with Crippen LogP contribution in [0.3, 0.4) is 0 Å². The van der Waals surface area contributed by atoms with Crippen molar-refractivity contribution >= 4 is 17.5 Å². The zero-order chi connectivity index (χ0) is 12.3. The molecular formula is C13H14N2OS. The first-order valence-electron chi connectivity index (χ1n) is 5.37. The second-order valence-electron chi connectivity index (χ2n) is 3.88. The summed E-state index contributed by atoms with van der Waals surface area (Å²) in [6.07, 6.45) is 3.69. The molecule has 0 unspecified atom stereocenters. The highest BCUT2D eigenvalue weighted by Crippen LogP contribution is 2.19. The molecule has 0 saturated heterocycles. The summed E-state index contributed by atoms with van der Waals surface area (Å²) < 4.78 is 1.74. The van der Waals surface area contributed by atoms with Crippen LogP contribution in [0.5, 0.6) is 0 Å². The fourth-order valence-corrected chi connectivity index (χ4v) is 2.39. The SMILES string of the molecule is Cc1ccccc1C(=O)CSc1cnn(C)c1. The molecule has 0 bridgehead atoms. The Morgan fingerprint density at radius 1 is 1.41 bits per heavy atom. The number of benzene rings is 1. The molecule has 1 aromatic heterocycles. The molecule has 2 rings (SSSR count). The summed E-state index contributed by atoms with van der Waals surface area (Å²) in [5.74, 6) is 0.619. The number of carbonyl (C=O) groups excluding carboxylic acids is 1. The minimum atomic E-state index is 0.164. The normalized spacial score (nSPS) is 10.5. The predicted octanol–water partition coefficient (Wildman–Crippen LogP) is 2.70. The van der Waals surface area contributed by atoms with E-state index in [4.69, 9.17) is 0 Å². The predicted molar refractivity (Wildman–Crippen MR) is 69.4 cm³/mol. The van der Waals surface area contributed by atoms with Crippen LogP contribution in [-0.2, 0) is 7.05 Å². The second kappa shape index (κ2) is 5.19. The topological polar surface area (TPSA) is 34.9 Å². The minimum Gasteiger partial charge on any atom is -0.293 e. The van der Waals surface area contributed by atoms with E-state index in [0.717, 1.165) is 16.0 Å². The Balaban J connectivity index is 2.01. The molecule has 88 valence electrons. The molecule has 0 N–H and O–H groups in total. The van der Waals surface area contributed by atoms with Gasteiger partial charge in [0.2, 0.25) is 0 Å². The van der Waals surface area contributed by atoms with E-state index in [1.54, 1.807) is 10.9 Å². The Bertz CT molecular complexity index is 534. The first kappa shape index (κ1) is 11.9. The van der Waals surface area contributed by atoms with E-state index in [1.807, 2.05) is 44.4 Å². The number of rotatable bonds is 4. The summed E-state index contributed by atoms with van der Waals surface area (Å²) in [6.45, 7) is 1.96. The standard InChI is InChI=1S/C13H14N2OS/c1-10-5-3-4-6-12(10)13(16)9-17-11-7-14-15(2)8-11/h3-8H,9H2,1-2H3. The molecule has 3 nitrogen and oxygen atoms in total. The number of Topliss-reactive ketones (excluding diaryl/α,β-unsaturated/α-hetero) is 1. The average molecular weight is 246 g/mol. The van der Waals surface area contributed by atoms with Gasteiger partial charge in [-0.1, -0.05) is 24.3 Å². The summed E-state index contributed by atoms with van der Waals surface area (Å²) in [4.78, 5) is 13.0. The Morgan fingerprint density at radius 3 is 2.82 bits per heavy atom. The Labute approximate surface area is 105 Å². The maximum absolute atomic E-state index is 12.0. The van der Waals surface area contributed by atoms with E-state index in [0.29, 0.717) is 5.75 Å². The molecule has 0 fully saturated rings. The Morgan fingerprint density at radius 2 is 2.18 bits per heavy atom. The summed E-state index contributed by atoms with van der Waals surface area (Å²) in [5.41, 5.74) is 1.84. The lowest BCUT2D eigenvalue weighted by molar-refractivity contribution is 0.102. The van der Waals surface area contributed by atoms with Crippen molar-refractivity contribution in [1.82, 2.24) is 9.78 Å². The van der Waals surface area contributed by atoms with Crippen LogP contribution < -0.4 is 0 Å². The number of aromatic nitrogens is 2. The summed E-state index contributed by atoms with van der Waals surface area (Å²) in [7, 11) is 1.87. The van der Waals surface area contributed by atoms with Gasteiger partial charge in [-0.2, -0.15) is 5.10 Å². The summed E-state index contributed by atoms with van der Waals surface area (Å²) >= 11 is 1.52. The molecule has 1 heterocycles. The van der Waals surface area contributed by atoms with E-state index in [2.05, 4.69) is 5.10 Å². The molecule has 0 radical (unpaired) electrons. The second-order valence-corrected chi connectivity index (χ2v) is 4.93. The first-order chi connectivity index (χ1) is 8.16. The van der Waals surface area contributed by atoms with E-state index >= 15 is 0 Å². The molecule has 1 aromatic carbocycles. The van der Waals surface area contributed by atoms with Gasteiger partial charge in [-0.25, -0.2) is 0 Å². The molecule has 0 aliphatic rings. The third-order valence-corrected chi connectivity index (χ3v) is 3.45. The van der Waals surface area contributed by atoms with E-state index in [9.17, 15) is 4.79 Å². The van der Waals surface area contributed by atoms with Gasteiger partial charge in [0.05, 0.1) is 11.9 Å². The van der Waals surface area contributed by atoms with Gasteiger partial charge in [0.25, 0.3) is 0 Å². The van der Waals surface area contributed by atoms with Gasteiger partial charge in [0.15, 0.2) is 5.78 Å². The van der Waals surface area contributed by atoms with Crippen LogP contribution in [0.4, 0.5) is 0 Å². The molecule has 17 heavy (non-hydrogen) atoms. The van der Waals surface area contributed by atoms with Crippen LogP contribution in [0.15, 0.2) is 41.6 Å².